The molecule has 0 saturated heterocycles. The maximum atomic E-state index is 4.47. The lowest BCUT2D eigenvalue weighted by atomic mass is 10.2. The minimum absolute atomic E-state index is 0.843. The van der Waals surface area contributed by atoms with Crippen molar-refractivity contribution in [3.05, 3.63) is 28.5 Å². The molecule has 0 aliphatic carbocycles. The van der Waals surface area contributed by atoms with Crippen LogP contribution in [0.4, 0.5) is 0 Å². The summed E-state index contributed by atoms with van der Waals surface area (Å²) in [6, 6.07) is 0. The maximum Gasteiger partial charge on any atom is 0.143 e. The second-order valence-electron chi connectivity index (χ2n) is 3.81. The SMILES string of the molecule is Cc1nc(C)n2c(C)c(C)c(C)c2n1. The van der Waals surface area contributed by atoms with E-state index in [1.54, 1.807) is 0 Å². The number of hydrogen-bond donors (Lipinski definition) is 0. The zero-order chi connectivity index (χ0) is 10.5. The van der Waals surface area contributed by atoms with Gasteiger partial charge in [0.1, 0.15) is 17.3 Å². The molecule has 0 aliphatic heterocycles. The first kappa shape index (κ1) is 9.19. The van der Waals surface area contributed by atoms with Crippen molar-refractivity contribution in [3.63, 3.8) is 0 Å². The van der Waals surface area contributed by atoms with Gasteiger partial charge in [0.2, 0.25) is 0 Å². The summed E-state index contributed by atoms with van der Waals surface area (Å²) in [5.41, 5.74) is 4.86. The first-order valence-electron chi connectivity index (χ1n) is 4.82. The van der Waals surface area contributed by atoms with Crippen LogP contribution in [-0.4, -0.2) is 14.4 Å². The molecule has 3 nitrogen and oxygen atoms in total. The largest absolute Gasteiger partial charge is 0.286 e. The molecule has 3 heteroatoms. The van der Waals surface area contributed by atoms with Gasteiger partial charge in [0.05, 0.1) is 0 Å². The van der Waals surface area contributed by atoms with Gasteiger partial charge in [-0.3, -0.25) is 4.40 Å². The zero-order valence-corrected chi connectivity index (χ0v) is 9.34. The standard InChI is InChI=1S/C11H15N3/c1-6-7(2)11-13-9(4)12-10(5)14(11)8(6)3/h1-5H3. The van der Waals surface area contributed by atoms with Crippen LogP contribution in [0.5, 0.6) is 0 Å². The summed E-state index contributed by atoms with van der Waals surface area (Å²) in [6.45, 7) is 10.3. The molecule has 0 unspecified atom stereocenters. The Morgan fingerprint density at radius 1 is 0.857 bits per heavy atom. The second kappa shape index (κ2) is 2.80. The number of nitrogens with zero attached hydrogens (tertiary/aromatic N) is 3. The molecule has 2 aromatic heterocycles. The van der Waals surface area contributed by atoms with Crippen LogP contribution in [0.15, 0.2) is 0 Å². The quantitative estimate of drug-likeness (QED) is 0.636. The van der Waals surface area contributed by atoms with Crippen LogP contribution in [0.25, 0.3) is 5.65 Å². The van der Waals surface area contributed by atoms with E-state index in [1.165, 1.54) is 16.8 Å². The third-order valence-electron chi connectivity index (χ3n) is 2.90. The molecule has 14 heavy (non-hydrogen) atoms. The van der Waals surface area contributed by atoms with Crippen molar-refractivity contribution in [1.29, 1.82) is 0 Å². The lowest BCUT2D eigenvalue weighted by Crippen LogP contribution is -2.02. The molecule has 2 aromatic rings. The highest BCUT2D eigenvalue weighted by molar-refractivity contribution is 5.55. The van der Waals surface area contributed by atoms with E-state index in [4.69, 9.17) is 0 Å². The normalized spacial score (nSPS) is 11.2. The van der Waals surface area contributed by atoms with Crippen molar-refractivity contribution in [2.24, 2.45) is 0 Å². The van der Waals surface area contributed by atoms with Gasteiger partial charge in [0.25, 0.3) is 0 Å². The highest BCUT2D eigenvalue weighted by Crippen LogP contribution is 2.20. The minimum atomic E-state index is 0.843. The van der Waals surface area contributed by atoms with Gasteiger partial charge < -0.3 is 0 Å². The summed E-state index contributed by atoms with van der Waals surface area (Å²) >= 11 is 0. The Bertz CT molecular complexity index is 509. The van der Waals surface area contributed by atoms with E-state index in [2.05, 4.69) is 35.1 Å². The Kier molecular flexibility index (Phi) is 1.84. The van der Waals surface area contributed by atoms with E-state index in [0.717, 1.165) is 17.3 Å². The third-order valence-corrected chi connectivity index (χ3v) is 2.90. The maximum absolute atomic E-state index is 4.47. The van der Waals surface area contributed by atoms with Gasteiger partial charge in [0.15, 0.2) is 0 Å². The van der Waals surface area contributed by atoms with E-state index < -0.39 is 0 Å². The molecular weight excluding hydrogens is 174 g/mol. The van der Waals surface area contributed by atoms with Crippen molar-refractivity contribution < 1.29 is 0 Å². The van der Waals surface area contributed by atoms with Crippen LogP contribution in [0.3, 0.4) is 0 Å². The monoisotopic (exact) mass is 189 g/mol. The highest BCUT2D eigenvalue weighted by atomic mass is 15.1. The highest BCUT2D eigenvalue weighted by Gasteiger charge is 2.11. The molecule has 0 fully saturated rings. The van der Waals surface area contributed by atoms with Gasteiger partial charge in [-0.1, -0.05) is 0 Å². The van der Waals surface area contributed by atoms with E-state index >= 15 is 0 Å². The molecule has 2 heterocycles. The Hall–Kier alpha value is -1.38. The summed E-state index contributed by atoms with van der Waals surface area (Å²) in [4.78, 5) is 8.84. The average Bonchev–Trinajstić information content (AvgIpc) is 2.31. The van der Waals surface area contributed by atoms with Crippen molar-refractivity contribution in [1.82, 2.24) is 14.4 Å². The third kappa shape index (κ3) is 1.05. The van der Waals surface area contributed by atoms with E-state index in [0.29, 0.717) is 0 Å². The Morgan fingerprint density at radius 3 is 2.14 bits per heavy atom. The molecule has 0 aromatic carbocycles. The lowest BCUT2D eigenvalue weighted by molar-refractivity contribution is 0.882. The molecule has 0 amide bonds. The van der Waals surface area contributed by atoms with Gasteiger partial charge in [-0.2, -0.15) is 0 Å². The number of fused-ring (bicyclic) bond motifs is 1. The number of aryl methyl sites for hydroxylation is 4. The smallest absolute Gasteiger partial charge is 0.143 e. The summed E-state index contributed by atoms with van der Waals surface area (Å²) < 4.78 is 2.12. The van der Waals surface area contributed by atoms with Gasteiger partial charge in [-0.05, 0) is 45.7 Å². The Morgan fingerprint density at radius 2 is 1.50 bits per heavy atom. The van der Waals surface area contributed by atoms with Gasteiger partial charge in [-0.25, -0.2) is 9.97 Å². The minimum Gasteiger partial charge on any atom is -0.286 e. The molecule has 0 spiro atoms. The van der Waals surface area contributed by atoms with Crippen LogP contribution in [0, 0.1) is 34.6 Å². The first-order valence-corrected chi connectivity index (χ1v) is 4.82. The predicted octanol–water partition coefficient (Wildman–Crippen LogP) is 2.27. The molecular formula is C11H15N3. The topological polar surface area (TPSA) is 30.2 Å². The number of hydrogen-bond acceptors (Lipinski definition) is 2. The molecule has 74 valence electrons. The molecule has 0 N–H and O–H groups in total. The molecule has 0 bridgehead atoms. The van der Waals surface area contributed by atoms with Crippen molar-refractivity contribution in [2.75, 3.05) is 0 Å². The van der Waals surface area contributed by atoms with Crippen molar-refractivity contribution in [2.45, 2.75) is 34.6 Å². The van der Waals surface area contributed by atoms with Crippen LogP contribution in [0.1, 0.15) is 28.5 Å². The fourth-order valence-electron chi connectivity index (χ4n) is 1.93. The van der Waals surface area contributed by atoms with Crippen LogP contribution >= 0.6 is 0 Å². The van der Waals surface area contributed by atoms with E-state index in [1.807, 2.05) is 13.8 Å². The second-order valence-corrected chi connectivity index (χ2v) is 3.81. The summed E-state index contributed by atoms with van der Waals surface area (Å²) in [5, 5.41) is 0. The number of rotatable bonds is 0. The lowest BCUT2D eigenvalue weighted by Gasteiger charge is -2.03. The van der Waals surface area contributed by atoms with Crippen LogP contribution in [-0.2, 0) is 0 Å². The van der Waals surface area contributed by atoms with E-state index in [9.17, 15) is 0 Å². The van der Waals surface area contributed by atoms with Gasteiger partial charge in [-0.15, -0.1) is 0 Å². The molecule has 0 aliphatic rings. The Labute approximate surface area is 83.8 Å². The molecule has 0 radical (unpaired) electrons. The van der Waals surface area contributed by atoms with Crippen molar-refractivity contribution in [3.8, 4) is 0 Å². The average molecular weight is 189 g/mol. The molecule has 0 atom stereocenters. The van der Waals surface area contributed by atoms with Gasteiger partial charge in [0, 0.05) is 5.69 Å². The van der Waals surface area contributed by atoms with Gasteiger partial charge >= 0.3 is 0 Å². The summed E-state index contributed by atoms with van der Waals surface area (Å²) in [6.07, 6.45) is 0. The summed E-state index contributed by atoms with van der Waals surface area (Å²) in [5.74, 6) is 1.86. The fraction of sp³-hybridized carbons (Fsp3) is 0.455. The fourth-order valence-corrected chi connectivity index (χ4v) is 1.93. The Balaban J connectivity index is 3.02. The first-order chi connectivity index (χ1) is 6.52. The van der Waals surface area contributed by atoms with Crippen LogP contribution < -0.4 is 0 Å². The molecule has 2 rings (SSSR count). The predicted molar refractivity (Wildman–Crippen MR) is 56.7 cm³/mol. The summed E-state index contributed by atoms with van der Waals surface area (Å²) in [7, 11) is 0. The van der Waals surface area contributed by atoms with Crippen molar-refractivity contribution >= 4 is 5.65 Å². The molecule has 0 saturated carbocycles. The van der Waals surface area contributed by atoms with Crippen LogP contribution in [0.2, 0.25) is 0 Å². The number of aromatic nitrogens is 3. The zero-order valence-electron chi connectivity index (χ0n) is 9.34. The van der Waals surface area contributed by atoms with E-state index in [-0.39, 0.29) is 0 Å².